The number of allylic oxidation sites excluding steroid dienone is 4. The van der Waals surface area contributed by atoms with E-state index >= 15 is 0 Å². The molecular formula is C24H26N2O4. The van der Waals surface area contributed by atoms with Crippen molar-refractivity contribution in [1.82, 2.24) is 9.97 Å². The lowest BCUT2D eigenvalue weighted by Crippen LogP contribution is -1.97. The third kappa shape index (κ3) is 5.35. The first-order chi connectivity index (χ1) is 14.5. The number of hydrogen-bond donors (Lipinski definition) is 1. The zero-order chi connectivity index (χ0) is 21.5. The van der Waals surface area contributed by atoms with Crippen LogP contribution in [0.4, 0.5) is 0 Å². The van der Waals surface area contributed by atoms with Gasteiger partial charge in [-0.05, 0) is 56.2 Å². The van der Waals surface area contributed by atoms with Crippen LogP contribution in [0.2, 0.25) is 0 Å². The van der Waals surface area contributed by atoms with Crippen molar-refractivity contribution in [1.29, 1.82) is 0 Å². The van der Waals surface area contributed by atoms with Gasteiger partial charge in [0.05, 0.1) is 11.9 Å². The van der Waals surface area contributed by atoms with Crippen LogP contribution in [0, 0.1) is 0 Å². The van der Waals surface area contributed by atoms with E-state index in [0.717, 1.165) is 24.0 Å². The average molecular weight is 406 g/mol. The summed E-state index contributed by atoms with van der Waals surface area (Å²) >= 11 is 0. The Morgan fingerprint density at radius 3 is 2.73 bits per heavy atom. The Morgan fingerprint density at radius 2 is 2.03 bits per heavy atom. The van der Waals surface area contributed by atoms with E-state index in [2.05, 4.69) is 16.9 Å². The molecule has 1 N–H and O–H groups in total. The van der Waals surface area contributed by atoms with Crippen molar-refractivity contribution in [3.63, 3.8) is 0 Å². The van der Waals surface area contributed by atoms with Gasteiger partial charge in [-0.2, -0.15) is 0 Å². The molecule has 0 fully saturated rings. The summed E-state index contributed by atoms with van der Waals surface area (Å²) in [6.45, 7) is 6.33. The van der Waals surface area contributed by atoms with Crippen molar-refractivity contribution >= 4 is 22.5 Å². The van der Waals surface area contributed by atoms with Gasteiger partial charge in [0.2, 0.25) is 5.89 Å². The molecule has 0 atom stereocenters. The molecule has 2 aromatic heterocycles. The number of oxazole rings is 1. The lowest BCUT2D eigenvalue weighted by molar-refractivity contribution is -0.114. The van der Waals surface area contributed by atoms with Gasteiger partial charge in [-0.15, -0.1) is 0 Å². The summed E-state index contributed by atoms with van der Waals surface area (Å²) in [7, 11) is 0. The summed E-state index contributed by atoms with van der Waals surface area (Å²) in [5, 5.41) is 9.31. The number of carbonyl (C=O) groups excluding carboxylic acids is 1. The van der Waals surface area contributed by atoms with E-state index < -0.39 is 0 Å². The molecule has 0 radical (unpaired) electrons. The zero-order valence-corrected chi connectivity index (χ0v) is 17.5. The van der Waals surface area contributed by atoms with Gasteiger partial charge in [-0.1, -0.05) is 19.4 Å². The lowest BCUT2D eigenvalue weighted by Gasteiger charge is -2.05. The molecule has 0 bridgehead atoms. The van der Waals surface area contributed by atoms with Gasteiger partial charge in [0.1, 0.15) is 23.6 Å². The Kier molecular flexibility index (Phi) is 7.01. The predicted molar refractivity (Wildman–Crippen MR) is 116 cm³/mol. The molecule has 3 aromatic rings. The second-order valence-electron chi connectivity index (χ2n) is 7.04. The number of hydrogen-bond acceptors (Lipinski definition) is 6. The lowest BCUT2D eigenvalue weighted by atomic mass is 10.1. The van der Waals surface area contributed by atoms with Gasteiger partial charge in [0.25, 0.3) is 0 Å². The van der Waals surface area contributed by atoms with Gasteiger partial charge >= 0.3 is 0 Å². The minimum atomic E-state index is 0.0912. The van der Waals surface area contributed by atoms with Crippen molar-refractivity contribution in [2.75, 3.05) is 0 Å². The van der Waals surface area contributed by atoms with Crippen LogP contribution >= 0.6 is 0 Å². The molecule has 156 valence electrons. The Bertz CT molecular complexity index is 1080. The predicted octanol–water partition coefficient (Wildman–Crippen LogP) is 5.62. The third-order valence-corrected chi connectivity index (χ3v) is 4.71. The van der Waals surface area contributed by atoms with E-state index in [1.807, 2.05) is 32.0 Å². The normalized spacial score (nSPS) is 12.4. The second-order valence-corrected chi connectivity index (χ2v) is 7.04. The van der Waals surface area contributed by atoms with Crippen molar-refractivity contribution in [3.8, 4) is 11.5 Å². The number of rotatable bonds is 9. The molecule has 0 aliphatic carbocycles. The number of nitrogens with zero attached hydrogens (tertiary/aromatic N) is 2. The molecule has 6 nitrogen and oxygen atoms in total. The summed E-state index contributed by atoms with van der Waals surface area (Å²) in [5.74, 6) is 1.34. The van der Waals surface area contributed by atoms with Gasteiger partial charge in [0, 0.05) is 18.1 Å². The van der Waals surface area contributed by atoms with E-state index in [-0.39, 0.29) is 18.1 Å². The summed E-state index contributed by atoms with van der Waals surface area (Å²) in [5.41, 5.74) is 3.95. The fourth-order valence-electron chi connectivity index (χ4n) is 2.86. The molecule has 0 saturated carbocycles. The summed E-state index contributed by atoms with van der Waals surface area (Å²) in [6.07, 6.45) is 6.96. The van der Waals surface area contributed by atoms with E-state index in [4.69, 9.17) is 9.15 Å². The van der Waals surface area contributed by atoms with Crippen LogP contribution in [0.3, 0.4) is 0 Å². The Balaban J connectivity index is 1.82. The maximum Gasteiger partial charge on any atom is 0.227 e. The Labute approximate surface area is 175 Å². The largest absolute Gasteiger partial charge is 0.506 e. The van der Waals surface area contributed by atoms with Gasteiger partial charge in [0.15, 0.2) is 11.4 Å². The first kappa shape index (κ1) is 21.3. The van der Waals surface area contributed by atoms with Crippen molar-refractivity contribution in [3.05, 3.63) is 65.8 Å². The topological polar surface area (TPSA) is 85.5 Å². The highest BCUT2D eigenvalue weighted by atomic mass is 16.5. The first-order valence-electron chi connectivity index (χ1n) is 10.1. The van der Waals surface area contributed by atoms with Crippen molar-refractivity contribution in [2.45, 2.75) is 46.6 Å². The van der Waals surface area contributed by atoms with Gasteiger partial charge < -0.3 is 14.3 Å². The van der Waals surface area contributed by atoms with Crippen LogP contribution < -0.4 is 4.74 Å². The fourth-order valence-corrected chi connectivity index (χ4v) is 2.86. The van der Waals surface area contributed by atoms with Crippen LogP contribution in [0.25, 0.3) is 16.7 Å². The highest BCUT2D eigenvalue weighted by Gasteiger charge is 2.13. The molecule has 0 aliphatic rings. The first-order valence-corrected chi connectivity index (χ1v) is 10.1. The third-order valence-electron chi connectivity index (χ3n) is 4.71. The van der Waals surface area contributed by atoms with Gasteiger partial charge in [-0.25, -0.2) is 4.98 Å². The second kappa shape index (κ2) is 9.87. The summed E-state index contributed by atoms with van der Waals surface area (Å²) in [6, 6.07) is 8.72. The molecule has 2 heterocycles. The number of carbonyl (C=O) groups is 1. The van der Waals surface area contributed by atoms with E-state index in [1.54, 1.807) is 24.3 Å². The molecule has 0 unspecified atom stereocenters. The average Bonchev–Trinajstić information content (AvgIpc) is 3.16. The van der Waals surface area contributed by atoms with E-state index in [9.17, 15) is 9.90 Å². The Hall–Kier alpha value is -3.41. The molecule has 0 saturated heterocycles. The standard InChI is InChI=1S/C24H26N2O4/c1-4-6-18(27)9-11-21(16(3)5-2)24-26-22-13-20(10-12-23(22)30-24)29-15-17-7-8-19(28)14-25-17/h7-14,28H,4-6,15H2,1-3H3/b11-9-,21-16?. The monoisotopic (exact) mass is 406 g/mol. The van der Waals surface area contributed by atoms with Gasteiger partial charge in [-0.3, -0.25) is 9.78 Å². The molecule has 3 rings (SSSR count). The minimum absolute atomic E-state index is 0.0912. The quantitative estimate of drug-likeness (QED) is 0.367. The van der Waals surface area contributed by atoms with E-state index in [1.165, 1.54) is 6.20 Å². The van der Waals surface area contributed by atoms with Crippen LogP contribution in [0.1, 0.15) is 51.6 Å². The van der Waals surface area contributed by atoms with Crippen LogP contribution in [-0.4, -0.2) is 20.9 Å². The molecule has 0 spiro atoms. The van der Waals surface area contributed by atoms with Crippen LogP contribution in [-0.2, 0) is 11.4 Å². The summed E-state index contributed by atoms with van der Waals surface area (Å²) < 4.78 is 11.7. The number of benzene rings is 1. The SMILES string of the molecule is CCCC(=O)/C=C\C(=C(C)CC)c1nc2cc(OCc3ccc(O)cn3)ccc2o1. The molecule has 0 amide bonds. The van der Waals surface area contributed by atoms with Crippen LogP contribution in [0.5, 0.6) is 11.5 Å². The number of aromatic nitrogens is 2. The molecule has 1 aromatic carbocycles. The van der Waals surface area contributed by atoms with Crippen LogP contribution in [0.15, 0.2) is 58.7 Å². The molecular weight excluding hydrogens is 380 g/mol. The molecule has 0 aliphatic heterocycles. The number of aromatic hydroxyl groups is 1. The van der Waals surface area contributed by atoms with Crippen molar-refractivity contribution < 1.29 is 19.1 Å². The highest BCUT2D eigenvalue weighted by molar-refractivity contribution is 5.93. The Morgan fingerprint density at radius 1 is 1.20 bits per heavy atom. The maximum absolute atomic E-state index is 11.9. The van der Waals surface area contributed by atoms with E-state index in [0.29, 0.717) is 34.9 Å². The maximum atomic E-state index is 11.9. The van der Waals surface area contributed by atoms with Crippen molar-refractivity contribution in [2.24, 2.45) is 0 Å². The fraction of sp³-hybridized carbons (Fsp3) is 0.292. The number of pyridine rings is 1. The molecule has 6 heteroatoms. The number of fused-ring (bicyclic) bond motifs is 1. The smallest absolute Gasteiger partial charge is 0.227 e. The summed E-state index contributed by atoms with van der Waals surface area (Å²) in [4.78, 5) is 20.6. The highest BCUT2D eigenvalue weighted by Crippen LogP contribution is 2.28. The number of ether oxygens (including phenoxy) is 1. The zero-order valence-electron chi connectivity index (χ0n) is 17.5. The number of ketones is 1. The molecule has 30 heavy (non-hydrogen) atoms. The minimum Gasteiger partial charge on any atom is -0.506 e.